The number of nitro groups is 1. The van der Waals surface area contributed by atoms with E-state index in [-0.39, 0.29) is 10.6 Å². The predicted molar refractivity (Wildman–Crippen MR) is 110 cm³/mol. The van der Waals surface area contributed by atoms with E-state index < -0.39 is 20.6 Å². The van der Waals surface area contributed by atoms with E-state index in [2.05, 4.69) is 20.2 Å². The van der Waals surface area contributed by atoms with Gasteiger partial charge in [-0.3, -0.25) is 25.2 Å². The van der Waals surface area contributed by atoms with Crippen molar-refractivity contribution in [2.24, 2.45) is 5.10 Å². The highest BCUT2D eigenvalue weighted by atomic mass is 32.2. The summed E-state index contributed by atoms with van der Waals surface area (Å²) in [7, 11) is -3.99. The standard InChI is InChI=1S/C19H17N5O4S/c1-14(17-9-5-6-12-20-17)21-22-18-11-10-16(13-19(18)24(25)26)29(27,28)23-15-7-3-2-4-8-15/h2-13,22-23H,1H3/b21-14-. The lowest BCUT2D eigenvalue weighted by molar-refractivity contribution is -0.384. The van der Waals surface area contributed by atoms with E-state index in [4.69, 9.17) is 0 Å². The van der Waals surface area contributed by atoms with Crippen LogP contribution < -0.4 is 10.1 Å². The van der Waals surface area contributed by atoms with Crippen LogP contribution in [-0.2, 0) is 10.0 Å². The number of nitrogens with zero attached hydrogens (tertiary/aromatic N) is 3. The monoisotopic (exact) mass is 411 g/mol. The molecule has 3 aromatic rings. The Balaban J connectivity index is 1.88. The average molecular weight is 411 g/mol. The number of rotatable bonds is 7. The van der Waals surface area contributed by atoms with Gasteiger partial charge in [0.2, 0.25) is 0 Å². The van der Waals surface area contributed by atoms with Gasteiger partial charge in [-0.1, -0.05) is 24.3 Å². The van der Waals surface area contributed by atoms with E-state index in [9.17, 15) is 18.5 Å². The normalized spacial score (nSPS) is 11.7. The Morgan fingerprint density at radius 3 is 2.45 bits per heavy atom. The molecule has 0 aliphatic carbocycles. The third kappa shape index (κ3) is 4.93. The zero-order valence-electron chi connectivity index (χ0n) is 15.3. The molecule has 0 fully saturated rings. The number of sulfonamides is 1. The van der Waals surface area contributed by atoms with E-state index in [1.54, 1.807) is 61.7 Å². The molecular weight excluding hydrogens is 394 g/mol. The van der Waals surface area contributed by atoms with E-state index in [1.165, 1.54) is 12.1 Å². The van der Waals surface area contributed by atoms with Crippen molar-refractivity contribution >= 4 is 32.8 Å². The van der Waals surface area contributed by atoms with Crippen LogP contribution >= 0.6 is 0 Å². The lowest BCUT2D eigenvalue weighted by Gasteiger charge is -2.09. The maximum Gasteiger partial charge on any atom is 0.295 e. The number of nitrogens with one attached hydrogen (secondary N) is 2. The van der Waals surface area contributed by atoms with E-state index in [1.807, 2.05) is 0 Å². The summed E-state index contributed by atoms with van der Waals surface area (Å²) in [5.41, 5.74) is 3.73. The summed E-state index contributed by atoms with van der Waals surface area (Å²) >= 11 is 0. The van der Waals surface area contributed by atoms with Gasteiger partial charge < -0.3 is 0 Å². The highest BCUT2D eigenvalue weighted by molar-refractivity contribution is 7.92. The predicted octanol–water partition coefficient (Wildman–Crippen LogP) is 3.63. The van der Waals surface area contributed by atoms with Gasteiger partial charge in [0.05, 0.1) is 21.2 Å². The summed E-state index contributed by atoms with van der Waals surface area (Å²) in [6.07, 6.45) is 1.61. The van der Waals surface area contributed by atoms with Gasteiger partial charge in [0, 0.05) is 18.0 Å². The van der Waals surface area contributed by atoms with Gasteiger partial charge in [-0.25, -0.2) is 8.42 Å². The van der Waals surface area contributed by atoms with Crippen molar-refractivity contribution in [2.45, 2.75) is 11.8 Å². The molecule has 0 unspecified atom stereocenters. The van der Waals surface area contributed by atoms with Crippen LogP contribution in [0.2, 0.25) is 0 Å². The molecule has 0 saturated carbocycles. The summed E-state index contributed by atoms with van der Waals surface area (Å²) in [6.45, 7) is 1.70. The Kier molecular flexibility index (Phi) is 5.84. The first-order valence-corrected chi connectivity index (χ1v) is 9.93. The number of hydrogen-bond donors (Lipinski definition) is 2. The zero-order chi connectivity index (χ0) is 20.9. The Labute approximate surface area is 167 Å². The summed E-state index contributed by atoms with van der Waals surface area (Å²) in [5.74, 6) is 0. The first-order chi connectivity index (χ1) is 13.9. The van der Waals surface area contributed by atoms with E-state index in [0.29, 0.717) is 17.1 Å². The summed E-state index contributed by atoms with van der Waals surface area (Å²) in [5, 5.41) is 15.6. The second-order valence-electron chi connectivity index (χ2n) is 5.93. The molecule has 3 rings (SSSR count). The van der Waals surface area contributed by atoms with Gasteiger partial charge in [-0.2, -0.15) is 5.10 Å². The van der Waals surface area contributed by atoms with Crippen molar-refractivity contribution in [3.05, 3.63) is 88.7 Å². The number of nitro benzene ring substituents is 1. The fourth-order valence-electron chi connectivity index (χ4n) is 2.42. The Bertz CT molecular complexity index is 1150. The average Bonchev–Trinajstić information content (AvgIpc) is 2.72. The molecule has 0 amide bonds. The largest absolute Gasteiger partial charge is 0.295 e. The molecule has 0 saturated heterocycles. The Morgan fingerprint density at radius 2 is 1.79 bits per heavy atom. The molecule has 1 heterocycles. The van der Waals surface area contributed by atoms with Crippen LogP contribution in [0.1, 0.15) is 12.6 Å². The van der Waals surface area contributed by atoms with Gasteiger partial charge in [0.25, 0.3) is 15.7 Å². The van der Waals surface area contributed by atoms with Crippen LogP contribution in [0, 0.1) is 10.1 Å². The SMILES string of the molecule is C/C(=N/Nc1ccc(S(=O)(=O)Nc2ccccc2)cc1[N+](=O)[O-])c1ccccn1. The number of aromatic nitrogens is 1. The minimum Gasteiger partial charge on any atom is -0.280 e. The molecule has 9 nitrogen and oxygen atoms in total. The number of anilines is 2. The molecule has 1 aromatic heterocycles. The van der Waals surface area contributed by atoms with Crippen molar-refractivity contribution in [3.63, 3.8) is 0 Å². The third-order valence-electron chi connectivity index (χ3n) is 3.88. The molecular formula is C19H17N5O4S. The molecule has 0 aliphatic heterocycles. The topological polar surface area (TPSA) is 127 Å². The fraction of sp³-hybridized carbons (Fsp3) is 0.0526. The van der Waals surface area contributed by atoms with Crippen LogP contribution in [0.4, 0.5) is 17.1 Å². The molecule has 0 bridgehead atoms. The molecule has 0 radical (unpaired) electrons. The molecule has 0 spiro atoms. The van der Waals surface area contributed by atoms with Crippen LogP contribution in [0.5, 0.6) is 0 Å². The maximum absolute atomic E-state index is 12.5. The first-order valence-electron chi connectivity index (χ1n) is 8.45. The molecule has 2 aromatic carbocycles. The molecule has 0 aliphatic rings. The van der Waals surface area contributed by atoms with Crippen molar-refractivity contribution in [1.29, 1.82) is 0 Å². The van der Waals surface area contributed by atoms with E-state index >= 15 is 0 Å². The van der Waals surface area contributed by atoms with Crippen LogP contribution in [0.25, 0.3) is 0 Å². The van der Waals surface area contributed by atoms with Crippen LogP contribution in [0.3, 0.4) is 0 Å². The van der Waals surface area contributed by atoms with Crippen molar-refractivity contribution in [2.75, 3.05) is 10.1 Å². The van der Waals surface area contributed by atoms with Crippen LogP contribution in [-0.4, -0.2) is 24.0 Å². The smallest absolute Gasteiger partial charge is 0.280 e. The summed E-state index contributed by atoms with van der Waals surface area (Å²) in [4.78, 5) is 14.7. The molecule has 29 heavy (non-hydrogen) atoms. The number of para-hydroxylation sites is 1. The number of hydrogen-bond acceptors (Lipinski definition) is 7. The second-order valence-corrected chi connectivity index (χ2v) is 7.61. The fourth-order valence-corrected chi connectivity index (χ4v) is 3.50. The Hall–Kier alpha value is -3.79. The lowest BCUT2D eigenvalue weighted by Crippen LogP contribution is -2.13. The van der Waals surface area contributed by atoms with Gasteiger partial charge in [-0.15, -0.1) is 0 Å². The van der Waals surface area contributed by atoms with Crippen molar-refractivity contribution in [1.82, 2.24) is 4.98 Å². The minimum absolute atomic E-state index is 0.0592. The number of pyridine rings is 1. The van der Waals surface area contributed by atoms with Gasteiger partial charge in [0.15, 0.2) is 0 Å². The number of benzene rings is 2. The zero-order valence-corrected chi connectivity index (χ0v) is 16.1. The minimum atomic E-state index is -3.99. The Morgan fingerprint density at radius 1 is 1.07 bits per heavy atom. The third-order valence-corrected chi connectivity index (χ3v) is 5.26. The summed E-state index contributed by atoms with van der Waals surface area (Å²) < 4.78 is 27.5. The molecule has 148 valence electrons. The highest BCUT2D eigenvalue weighted by Crippen LogP contribution is 2.28. The lowest BCUT2D eigenvalue weighted by atomic mass is 10.2. The van der Waals surface area contributed by atoms with Crippen LogP contribution in [0.15, 0.2) is 82.9 Å². The van der Waals surface area contributed by atoms with Crippen molar-refractivity contribution < 1.29 is 13.3 Å². The quantitative estimate of drug-likeness (QED) is 0.347. The molecule has 2 N–H and O–H groups in total. The second kappa shape index (κ2) is 8.48. The van der Waals surface area contributed by atoms with Gasteiger partial charge >= 0.3 is 0 Å². The molecule has 10 heteroatoms. The van der Waals surface area contributed by atoms with Crippen molar-refractivity contribution in [3.8, 4) is 0 Å². The number of hydrazone groups is 1. The van der Waals surface area contributed by atoms with E-state index in [0.717, 1.165) is 6.07 Å². The van der Waals surface area contributed by atoms with Gasteiger partial charge in [-0.05, 0) is 43.3 Å². The highest BCUT2D eigenvalue weighted by Gasteiger charge is 2.21. The summed E-state index contributed by atoms with van der Waals surface area (Å²) in [6, 6.07) is 17.1. The molecule has 0 atom stereocenters. The first kappa shape index (κ1) is 20.0. The van der Waals surface area contributed by atoms with Gasteiger partial charge in [0.1, 0.15) is 5.69 Å². The maximum atomic E-state index is 12.5.